The summed E-state index contributed by atoms with van der Waals surface area (Å²) in [5.74, 6) is -0.626. The summed E-state index contributed by atoms with van der Waals surface area (Å²) in [6.45, 7) is 10.8. The Morgan fingerprint density at radius 1 is 1.30 bits per heavy atom. The summed E-state index contributed by atoms with van der Waals surface area (Å²) >= 11 is 0. The van der Waals surface area contributed by atoms with Crippen LogP contribution in [0.2, 0.25) is 0 Å². The summed E-state index contributed by atoms with van der Waals surface area (Å²) in [5.41, 5.74) is -0.615. The molecule has 7 heteroatoms. The highest BCUT2D eigenvalue weighted by molar-refractivity contribution is 5.93. The second-order valence-corrected chi connectivity index (χ2v) is 7.97. The van der Waals surface area contributed by atoms with E-state index in [2.05, 4.69) is 11.8 Å². The molecule has 0 aromatic carbocycles. The van der Waals surface area contributed by atoms with Crippen molar-refractivity contribution in [3.05, 3.63) is 12.2 Å². The van der Waals surface area contributed by atoms with Gasteiger partial charge in [0.2, 0.25) is 11.8 Å². The molecule has 0 radical (unpaired) electrons. The Balaban J connectivity index is 1.48. The second kappa shape index (κ2) is 7.53. The Bertz CT molecular complexity index is 624. The van der Waals surface area contributed by atoms with E-state index in [1.165, 1.54) is 0 Å². The normalized spacial score (nSPS) is 35.8. The first-order valence-corrected chi connectivity index (χ1v) is 10.3. The SMILES string of the molecule is CCOCCN1C[C@]23C=C[C@H](O2)[C@H](C(=O)N2CCCN(CC)CC2)[C@@H]3C1=O. The average molecular weight is 377 g/mol. The van der Waals surface area contributed by atoms with Gasteiger partial charge in [-0.05, 0) is 26.4 Å². The van der Waals surface area contributed by atoms with Crippen molar-refractivity contribution in [3.8, 4) is 0 Å². The number of carbonyl (C=O) groups excluding carboxylic acids is 2. The molecule has 0 aliphatic carbocycles. The highest BCUT2D eigenvalue weighted by Crippen LogP contribution is 2.52. The molecule has 150 valence electrons. The van der Waals surface area contributed by atoms with Gasteiger partial charge in [-0.3, -0.25) is 9.59 Å². The fourth-order valence-corrected chi connectivity index (χ4v) is 5.09. The van der Waals surface area contributed by atoms with Gasteiger partial charge in [-0.2, -0.15) is 0 Å². The molecule has 4 atom stereocenters. The van der Waals surface area contributed by atoms with Crippen LogP contribution in [-0.2, 0) is 19.1 Å². The molecular formula is C20H31N3O4. The Hall–Kier alpha value is -1.44. The number of hydrogen-bond acceptors (Lipinski definition) is 5. The van der Waals surface area contributed by atoms with Gasteiger partial charge < -0.3 is 24.2 Å². The predicted octanol–water partition coefficient (Wildman–Crippen LogP) is 0.359. The maximum atomic E-state index is 13.4. The van der Waals surface area contributed by atoms with Crippen molar-refractivity contribution in [1.82, 2.24) is 14.7 Å². The fourth-order valence-electron chi connectivity index (χ4n) is 5.09. The molecule has 0 aromatic rings. The number of likely N-dealkylation sites (N-methyl/N-ethyl adjacent to an activating group) is 1. The number of nitrogens with zero attached hydrogens (tertiary/aromatic N) is 3. The van der Waals surface area contributed by atoms with Crippen LogP contribution in [-0.4, -0.2) is 97.2 Å². The summed E-state index contributed by atoms with van der Waals surface area (Å²) in [4.78, 5) is 32.6. The zero-order valence-electron chi connectivity index (χ0n) is 16.4. The maximum absolute atomic E-state index is 13.4. The molecule has 4 rings (SSSR count). The van der Waals surface area contributed by atoms with Gasteiger partial charge in [0.05, 0.1) is 31.1 Å². The van der Waals surface area contributed by atoms with Crippen molar-refractivity contribution in [1.29, 1.82) is 0 Å². The molecular weight excluding hydrogens is 346 g/mol. The first-order chi connectivity index (χ1) is 13.1. The Labute approximate surface area is 161 Å². The van der Waals surface area contributed by atoms with E-state index in [1.54, 1.807) is 0 Å². The first kappa shape index (κ1) is 18.9. The van der Waals surface area contributed by atoms with Gasteiger partial charge in [-0.15, -0.1) is 0 Å². The van der Waals surface area contributed by atoms with E-state index in [1.807, 2.05) is 28.9 Å². The highest BCUT2D eigenvalue weighted by Gasteiger charge is 2.67. The Morgan fingerprint density at radius 2 is 2.15 bits per heavy atom. The Kier molecular flexibility index (Phi) is 5.27. The molecule has 0 saturated carbocycles. The highest BCUT2D eigenvalue weighted by atomic mass is 16.5. The van der Waals surface area contributed by atoms with E-state index in [0.29, 0.717) is 26.3 Å². The Morgan fingerprint density at radius 3 is 2.93 bits per heavy atom. The van der Waals surface area contributed by atoms with E-state index in [0.717, 1.165) is 39.1 Å². The van der Waals surface area contributed by atoms with Gasteiger partial charge in [0.1, 0.15) is 5.60 Å². The number of carbonyl (C=O) groups is 2. The van der Waals surface area contributed by atoms with E-state index in [9.17, 15) is 9.59 Å². The maximum Gasteiger partial charge on any atom is 0.230 e. The van der Waals surface area contributed by atoms with Crippen molar-refractivity contribution in [2.75, 3.05) is 59.0 Å². The monoisotopic (exact) mass is 377 g/mol. The molecule has 0 aromatic heterocycles. The minimum atomic E-state index is -0.615. The quantitative estimate of drug-likeness (QED) is 0.494. The summed E-state index contributed by atoms with van der Waals surface area (Å²) in [7, 11) is 0. The molecule has 1 spiro atoms. The van der Waals surface area contributed by atoms with Crippen LogP contribution >= 0.6 is 0 Å². The summed E-state index contributed by atoms with van der Waals surface area (Å²) in [5, 5.41) is 0. The summed E-state index contributed by atoms with van der Waals surface area (Å²) in [6.07, 6.45) is 4.74. The lowest BCUT2D eigenvalue weighted by Crippen LogP contribution is -2.47. The third kappa shape index (κ3) is 3.19. The van der Waals surface area contributed by atoms with Crippen molar-refractivity contribution < 1.29 is 19.1 Å². The number of amides is 2. The van der Waals surface area contributed by atoms with Crippen molar-refractivity contribution in [2.24, 2.45) is 11.8 Å². The molecule has 0 N–H and O–H groups in total. The minimum absolute atomic E-state index is 0.0462. The predicted molar refractivity (Wildman–Crippen MR) is 100 cm³/mol. The van der Waals surface area contributed by atoms with Gasteiger partial charge in [0.25, 0.3) is 0 Å². The topological polar surface area (TPSA) is 62.3 Å². The third-order valence-corrected chi connectivity index (χ3v) is 6.52. The van der Waals surface area contributed by atoms with E-state index in [-0.39, 0.29) is 29.8 Å². The number of rotatable bonds is 6. The van der Waals surface area contributed by atoms with Crippen LogP contribution in [0.3, 0.4) is 0 Å². The number of ether oxygens (including phenoxy) is 2. The third-order valence-electron chi connectivity index (χ3n) is 6.52. The van der Waals surface area contributed by atoms with E-state index >= 15 is 0 Å². The summed E-state index contributed by atoms with van der Waals surface area (Å²) < 4.78 is 11.6. The zero-order valence-corrected chi connectivity index (χ0v) is 16.4. The molecule has 7 nitrogen and oxygen atoms in total. The van der Waals surface area contributed by atoms with Crippen LogP contribution in [0.5, 0.6) is 0 Å². The lowest BCUT2D eigenvalue weighted by molar-refractivity contribution is -0.143. The lowest BCUT2D eigenvalue weighted by Gasteiger charge is -2.29. The summed E-state index contributed by atoms with van der Waals surface area (Å²) in [6, 6.07) is 0. The standard InChI is InChI=1S/C20H31N3O4/c1-3-21-8-5-9-22(11-10-21)18(24)16-15-6-7-20(27-15)14-23(12-13-26-4-2)19(25)17(16)20/h6-7,15-17H,3-5,8-14H2,1-2H3/t15-,16-,17+,20-/m0/s1. The van der Waals surface area contributed by atoms with Gasteiger partial charge in [0.15, 0.2) is 0 Å². The van der Waals surface area contributed by atoms with Crippen LogP contribution in [0.15, 0.2) is 12.2 Å². The van der Waals surface area contributed by atoms with Crippen LogP contribution < -0.4 is 0 Å². The number of likely N-dealkylation sites (tertiary alicyclic amines) is 1. The molecule has 27 heavy (non-hydrogen) atoms. The van der Waals surface area contributed by atoms with Gasteiger partial charge in [-0.25, -0.2) is 0 Å². The van der Waals surface area contributed by atoms with Gasteiger partial charge in [-0.1, -0.05) is 19.1 Å². The zero-order chi connectivity index (χ0) is 19.0. The fraction of sp³-hybridized carbons (Fsp3) is 0.800. The van der Waals surface area contributed by atoms with E-state index < -0.39 is 5.60 Å². The largest absolute Gasteiger partial charge is 0.380 e. The van der Waals surface area contributed by atoms with E-state index in [4.69, 9.17) is 9.47 Å². The molecule has 2 amide bonds. The number of fused-ring (bicyclic) bond motifs is 1. The van der Waals surface area contributed by atoms with Gasteiger partial charge >= 0.3 is 0 Å². The molecule has 3 fully saturated rings. The molecule has 0 unspecified atom stereocenters. The van der Waals surface area contributed by atoms with Crippen LogP contribution in [0.25, 0.3) is 0 Å². The molecule has 4 aliphatic rings. The van der Waals surface area contributed by atoms with Crippen LogP contribution in [0, 0.1) is 11.8 Å². The number of hydrogen-bond donors (Lipinski definition) is 0. The average Bonchev–Trinajstić information content (AvgIpc) is 3.22. The van der Waals surface area contributed by atoms with Gasteiger partial charge in [0, 0.05) is 32.8 Å². The smallest absolute Gasteiger partial charge is 0.230 e. The molecule has 3 saturated heterocycles. The second-order valence-electron chi connectivity index (χ2n) is 7.97. The van der Waals surface area contributed by atoms with Crippen molar-refractivity contribution >= 4 is 11.8 Å². The first-order valence-electron chi connectivity index (χ1n) is 10.3. The van der Waals surface area contributed by atoms with Crippen LogP contribution in [0.4, 0.5) is 0 Å². The molecule has 2 bridgehead atoms. The molecule has 4 heterocycles. The van der Waals surface area contributed by atoms with Crippen molar-refractivity contribution in [3.63, 3.8) is 0 Å². The minimum Gasteiger partial charge on any atom is -0.380 e. The van der Waals surface area contributed by atoms with Crippen LogP contribution in [0.1, 0.15) is 20.3 Å². The lowest BCUT2D eigenvalue weighted by atomic mass is 9.76. The molecule has 4 aliphatic heterocycles. The van der Waals surface area contributed by atoms with Crippen molar-refractivity contribution in [2.45, 2.75) is 32.0 Å².